The van der Waals surface area contributed by atoms with E-state index in [0.717, 1.165) is 6.42 Å². The van der Waals surface area contributed by atoms with E-state index in [1.165, 1.54) is 16.8 Å². The molecule has 0 saturated carbocycles. The number of rotatable bonds is 4. The summed E-state index contributed by atoms with van der Waals surface area (Å²) in [5.74, 6) is -0.0337. The smallest absolute Gasteiger partial charge is 0.267 e. The number of aromatic nitrogens is 1. The van der Waals surface area contributed by atoms with Crippen molar-refractivity contribution in [2.75, 3.05) is 13.2 Å². The van der Waals surface area contributed by atoms with Gasteiger partial charge in [0, 0.05) is 43.0 Å². The van der Waals surface area contributed by atoms with E-state index in [-0.39, 0.29) is 28.5 Å². The molecular formula is C12H17ClN2O4S. The Morgan fingerprint density at radius 2 is 2.30 bits per heavy atom. The number of hydrogen-bond donors (Lipinski definition) is 1. The Bertz CT molecular complexity index is 611. The highest BCUT2D eigenvalue weighted by atomic mass is 35.7. The lowest BCUT2D eigenvalue weighted by atomic mass is 10.0. The van der Waals surface area contributed by atoms with Gasteiger partial charge in [0.1, 0.15) is 10.6 Å². The monoisotopic (exact) mass is 320 g/mol. The summed E-state index contributed by atoms with van der Waals surface area (Å²) in [6.45, 7) is 3.19. The number of carbonyl (C=O) groups excluding carboxylic acids is 1. The van der Waals surface area contributed by atoms with Gasteiger partial charge in [-0.2, -0.15) is 0 Å². The Kier molecular flexibility index (Phi) is 4.41. The summed E-state index contributed by atoms with van der Waals surface area (Å²) in [6.07, 6.45) is 2.36. The molecule has 0 bridgehead atoms. The molecule has 0 spiro atoms. The molecule has 2 heterocycles. The molecule has 0 aromatic carbocycles. The second-order valence-corrected chi connectivity index (χ2v) is 7.51. The Morgan fingerprint density at radius 3 is 2.80 bits per heavy atom. The number of ether oxygens (including phenoxy) is 1. The van der Waals surface area contributed by atoms with E-state index in [4.69, 9.17) is 15.4 Å². The highest BCUT2D eigenvalue weighted by Crippen LogP contribution is 2.20. The van der Waals surface area contributed by atoms with Crippen LogP contribution in [0.5, 0.6) is 0 Å². The van der Waals surface area contributed by atoms with Gasteiger partial charge in [0.05, 0.1) is 6.10 Å². The first-order valence-electron chi connectivity index (χ1n) is 6.30. The largest absolute Gasteiger partial charge is 0.378 e. The molecule has 0 radical (unpaired) electrons. The minimum atomic E-state index is -3.83. The highest BCUT2D eigenvalue weighted by molar-refractivity contribution is 8.13. The topological polar surface area (TPSA) is 77.4 Å². The molecule has 1 aromatic rings. The first-order chi connectivity index (χ1) is 9.29. The van der Waals surface area contributed by atoms with Crippen LogP contribution >= 0.6 is 10.7 Å². The molecule has 2 atom stereocenters. The first kappa shape index (κ1) is 15.3. The lowest BCUT2D eigenvalue weighted by Crippen LogP contribution is -2.32. The van der Waals surface area contributed by atoms with E-state index in [1.54, 1.807) is 7.05 Å². The fourth-order valence-corrected chi connectivity index (χ4v) is 3.04. The Labute approximate surface area is 122 Å². The first-order valence-corrected chi connectivity index (χ1v) is 8.61. The third kappa shape index (κ3) is 3.34. The summed E-state index contributed by atoms with van der Waals surface area (Å²) in [7, 11) is 3.03. The number of amides is 1. The van der Waals surface area contributed by atoms with Crippen LogP contribution in [-0.2, 0) is 20.8 Å². The maximum Gasteiger partial charge on any atom is 0.267 e. The van der Waals surface area contributed by atoms with Crippen molar-refractivity contribution < 1.29 is 17.9 Å². The number of carbonyl (C=O) groups is 1. The molecule has 2 rings (SSSR count). The Morgan fingerprint density at radius 1 is 1.60 bits per heavy atom. The predicted molar refractivity (Wildman–Crippen MR) is 74.3 cm³/mol. The molecule has 20 heavy (non-hydrogen) atoms. The van der Waals surface area contributed by atoms with Gasteiger partial charge in [-0.05, 0) is 19.4 Å². The summed E-state index contributed by atoms with van der Waals surface area (Å²) in [5.41, 5.74) is 0.260. The van der Waals surface area contributed by atoms with Crippen molar-refractivity contribution in [1.29, 1.82) is 0 Å². The number of aryl methyl sites for hydroxylation is 1. The molecule has 1 aromatic heterocycles. The molecule has 1 aliphatic heterocycles. The van der Waals surface area contributed by atoms with E-state index >= 15 is 0 Å². The molecule has 1 fully saturated rings. The second-order valence-electron chi connectivity index (χ2n) is 4.94. The van der Waals surface area contributed by atoms with Crippen LogP contribution in [-0.4, -0.2) is 38.1 Å². The van der Waals surface area contributed by atoms with Crippen molar-refractivity contribution in [2.45, 2.75) is 24.3 Å². The summed E-state index contributed by atoms with van der Waals surface area (Å²) >= 11 is 0. The number of hydrogen-bond acceptors (Lipinski definition) is 4. The average Bonchev–Trinajstić information content (AvgIpc) is 2.92. The van der Waals surface area contributed by atoms with Gasteiger partial charge in [-0.15, -0.1) is 0 Å². The van der Waals surface area contributed by atoms with Gasteiger partial charge in [0.25, 0.3) is 15.0 Å². The van der Waals surface area contributed by atoms with Gasteiger partial charge in [0.2, 0.25) is 0 Å². The van der Waals surface area contributed by atoms with Crippen LogP contribution in [0.4, 0.5) is 0 Å². The molecule has 1 N–H and O–H groups in total. The molecule has 6 nitrogen and oxygen atoms in total. The summed E-state index contributed by atoms with van der Waals surface area (Å²) in [5, 5.41) is 2.80. The predicted octanol–water partition coefficient (Wildman–Crippen LogP) is 1.11. The van der Waals surface area contributed by atoms with Gasteiger partial charge < -0.3 is 14.6 Å². The Hall–Kier alpha value is -1.05. The van der Waals surface area contributed by atoms with Crippen LogP contribution in [0.2, 0.25) is 0 Å². The van der Waals surface area contributed by atoms with E-state index < -0.39 is 9.05 Å². The van der Waals surface area contributed by atoms with Crippen molar-refractivity contribution in [2.24, 2.45) is 13.0 Å². The highest BCUT2D eigenvalue weighted by Gasteiger charge is 2.25. The molecule has 1 aliphatic rings. The van der Waals surface area contributed by atoms with Gasteiger partial charge in [-0.3, -0.25) is 4.79 Å². The minimum Gasteiger partial charge on any atom is -0.378 e. The van der Waals surface area contributed by atoms with Crippen LogP contribution in [0.1, 0.15) is 23.8 Å². The third-order valence-corrected chi connectivity index (χ3v) is 4.87. The van der Waals surface area contributed by atoms with Gasteiger partial charge in [-0.1, -0.05) is 0 Å². The van der Waals surface area contributed by atoms with Crippen LogP contribution in [0.15, 0.2) is 17.2 Å². The Balaban J connectivity index is 2.04. The van der Waals surface area contributed by atoms with Crippen molar-refractivity contribution >= 4 is 25.6 Å². The van der Waals surface area contributed by atoms with E-state index in [2.05, 4.69) is 5.32 Å². The van der Waals surface area contributed by atoms with E-state index in [1.807, 2.05) is 6.92 Å². The summed E-state index contributed by atoms with van der Waals surface area (Å²) < 4.78 is 29.3. The fraction of sp³-hybridized carbons (Fsp3) is 0.583. The van der Waals surface area contributed by atoms with Crippen molar-refractivity contribution in [3.63, 3.8) is 0 Å². The van der Waals surface area contributed by atoms with Gasteiger partial charge in [0.15, 0.2) is 0 Å². The van der Waals surface area contributed by atoms with E-state index in [0.29, 0.717) is 13.2 Å². The normalized spacial score (nSPS) is 22.9. The standard InChI is InChI=1S/C12H17ClN2O4S/c1-8-9(3-4-19-8)6-14-12(16)11-5-10(7-15(11)2)20(13,17)18/h5,7-9H,3-4,6H2,1-2H3,(H,14,16). The molecule has 0 aliphatic carbocycles. The summed E-state index contributed by atoms with van der Waals surface area (Å²) in [4.78, 5) is 12.0. The zero-order valence-corrected chi connectivity index (χ0v) is 12.9. The van der Waals surface area contributed by atoms with Gasteiger partial charge >= 0.3 is 0 Å². The SMILES string of the molecule is CC1OCCC1CNC(=O)c1cc(S(=O)(=O)Cl)cn1C. The van der Waals surface area contributed by atoms with Crippen LogP contribution < -0.4 is 5.32 Å². The molecule has 1 saturated heterocycles. The minimum absolute atomic E-state index is 0.0793. The van der Waals surface area contributed by atoms with Crippen LogP contribution in [0.3, 0.4) is 0 Å². The number of nitrogens with one attached hydrogen (secondary N) is 1. The zero-order chi connectivity index (χ0) is 14.9. The van der Waals surface area contributed by atoms with Crippen LogP contribution in [0.25, 0.3) is 0 Å². The quantitative estimate of drug-likeness (QED) is 0.843. The summed E-state index contributed by atoms with van der Waals surface area (Å²) in [6, 6.07) is 1.27. The third-order valence-electron chi connectivity index (χ3n) is 3.55. The second kappa shape index (κ2) is 5.75. The van der Waals surface area contributed by atoms with Crippen molar-refractivity contribution in [3.8, 4) is 0 Å². The lowest BCUT2D eigenvalue weighted by Gasteiger charge is -2.14. The number of nitrogens with zero attached hydrogens (tertiary/aromatic N) is 1. The average molecular weight is 321 g/mol. The molecule has 112 valence electrons. The molecular weight excluding hydrogens is 304 g/mol. The zero-order valence-electron chi connectivity index (χ0n) is 11.3. The number of halogens is 1. The lowest BCUT2D eigenvalue weighted by molar-refractivity contribution is 0.0900. The fourth-order valence-electron chi connectivity index (χ4n) is 2.25. The van der Waals surface area contributed by atoms with Crippen LogP contribution in [0, 0.1) is 5.92 Å². The van der Waals surface area contributed by atoms with Crippen molar-refractivity contribution in [3.05, 3.63) is 18.0 Å². The van der Waals surface area contributed by atoms with Gasteiger partial charge in [-0.25, -0.2) is 8.42 Å². The van der Waals surface area contributed by atoms with Crippen molar-refractivity contribution in [1.82, 2.24) is 9.88 Å². The molecule has 2 unspecified atom stereocenters. The van der Waals surface area contributed by atoms with E-state index in [9.17, 15) is 13.2 Å². The molecule has 8 heteroatoms. The maximum atomic E-state index is 12.1. The molecule has 1 amide bonds. The maximum absolute atomic E-state index is 12.1.